The van der Waals surface area contributed by atoms with E-state index in [9.17, 15) is 0 Å². The van der Waals surface area contributed by atoms with Gasteiger partial charge < -0.3 is 15.2 Å². The molecule has 0 aromatic carbocycles. The number of imidazole rings is 1. The van der Waals surface area contributed by atoms with E-state index in [0.717, 1.165) is 25.8 Å². The van der Waals surface area contributed by atoms with Crippen LogP contribution in [0.15, 0.2) is 6.20 Å². The molecular weight excluding hydrogens is 212 g/mol. The number of fused-ring (bicyclic) bond motifs is 1. The number of likely N-dealkylation sites (N-methyl/N-ethyl adjacent to an activating group) is 1. The maximum atomic E-state index is 5.98. The van der Waals surface area contributed by atoms with Crippen LogP contribution < -0.4 is 5.73 Å². The Labute approximate surface area is 103 Å². The van der Waals surface area contributed by atoms with Gasteiger partial charge >= 0.3 is 0 Å². The molecule has 2 aliphatic rings. The van der Waals surface area contributed by atoms with Crippen molar-refractivity contribution in [2.75, 3.05) is 13.6 Å². The first-order chi connectivity index (χ1) is 8.22. The van der Waals surface area contributed by atoms with Crippen molar-refractivity contribution in [3.8, 4) is 0 Å². The number of rotatable bonds is 2. The Bertz CT molecular complexity index is 398. The highest BCUT2D eigenvalue weighted by Crippen LogP contribution is 2.20. The molecule has 3 rings (SSSR count). The molecule has 3 heterocycles. The third-order valence-electron chi connectivity index (χ3n) is 4.21. The predicted molar refractivity (Wildman–Crippen MR) is 67.9 cm³/mol. The molecule has 2 aliphatic heterocycles. The summed E-state index contributed by atoms with van der Waals surface area (Å²) < 4.78 is 2.30. The number of likely N-dealkylation sites (tertiary alicyclic amines) is 1. The van der Waals surface area contributed by atoms with Crippen LogP contribution in [-0.2, 0) is 19.4 Å². The third kappa shape index (κ3) is 2.24. The summed E-state index contributed by atoms with van der Waals surface area (Å²) in [6.07, 6.45) is 8.03. The average molecular weight is 234 g/mol. The summed E-state index contributed by atoms with van der Waals surface area (Å²) in [5.41, 5.74) is 7.24. The van der Waals surface area contributed by atoms with Gasteiger partial charge in [0.25, 0.3) is 0 Å². The van der Waals surface area contributed by atoms with Crippen molar-refractivity contribution in [2.45, 2.75) is 50.7 Å². The van der Waals surface area contributed by atoms with Crippen LogP contribution in [0.4, 0.5) is 0 Å². The first-order valence-electron chi connectivity index (χ1n) is 6.73. The lowest BCUT2D eigenvalue weighted by molar-refractivity contribution is 0.308. The minimum Gasteiger partial charge on any atom is -0.335 e. The molecule has 4 nitrogen and oxygen atoms in total. The number of hydrogen-bond donors (Lipinski definition) is 1. The highest BCUT2D eigenvalue weighted by atomic mass is 15.2. The fraction of sp³-hybridized carbons (Fsp3) is 0.769. The quantitative estimate of drug-likeness (QED) is 0.823. The fourth-order valence-corrected chi connectivity index (χ4v) is 3.09. The summed E-state index contributed by atoms with van der Waals surface area (Å²) >= 11 is 0. The summed E-state index contributed by atoms with van der Waals surface area (Å²) in [5.74, 6) is 1.19. The van der Waals surface area contributed by atoms with Crippen molar-refractivity contribution in [1.29, 1.82) is 0 Å². The maximum Gasteiger partial charge on any atom is 0.110 e. The van der Waals surface area contributed by atoms with Gasteiger partial charge in [-0.1, -0.05) is 0 Å². The molecule has 0 bridgehead atoms. The molecule has 1 aromatic rings. The number of hydrogen-bond acceptors (Lipinski definition) is 3. The van der Waals surface area contributed by atoms with E-state index in [1.807, 2.05) is 0 Å². The standard InChI is InChI=1S/C13H22N4/c1-16-5-2-3-12(16)8-11-9-17-6-4-10(14)7-13(17)15-11/h9-10,12H,2-8,14H2,1H3. The van der Waals surface area contributed by atoms with E-state index >= 15 is 0 Å². The number of nitrogens with zero attached hydrogens (tertiary/aromatic N) is 3. The van der Waals surface area contributed by atoms with E-state index in [0.29, 0.717) is 12.1 Å². The molecule has 1 saturated heterocycles. The minimum absolute atomic E-state index is 0.312. The predicted octanol–water partition coefficient (Wildman–Crippen LogP) is 0.793. The zero-order chi connectivity index (χ0) is 11.8. The van der Waals surface area contributed by atoms with Gasteiger partial charge in [-0.3, -0.25) is 0 Å². The van der Waals surface area contributed by atoms with E-state index < -0.39 is 0 Å². The molecule has 1 aromatic heterocycles. The zero-order valence-corrected chi connectivity index (χ0v) is 10.6. The second kappa shape index (κ2) is 4.42. The van der Waals surface area contributed by atoms with Crippen molar-refractivity contribution < 1.29 is 0 Å². The molecule has 0 saturated carbocycles. The molecule has 0 amide bonds. The third-order valence-corrected chi connectivity index (χ3v) is 4.21. The fourth-order valence-electron chi connectivity index (χ4n) is 3.09. The lowest BCUT2D eigenvalue weighted by atomic mass is 10.1. The summed E-state index contributed by atoms with van der Waals surface area (Å²) in [5, 5.41) is 0. The Morgan fingerprint density at radius 1 is 1.41 bits per heavy atom. The lowest BCUT2D eigenvalue weighted by Gasteiger charge is -2.18. The van der Waals surface area contributed by atoms with Crippen LogP contribution in [0.2, 0.25) is 0 Å². The van der Waals surface area contributed by atoms with Gasteiger partial charge in [0.1, 0.15) is 5.82 Å². The lowest BCUT2D eigenvalue weighted by Crippen LogP contribution is -2.30. The average Bonchev–Trinajstić information content (AvgIpc) is 2.85. The Morgan fingerprint density at radius 2 is 2.29 bits per heavy atom. The van der Waals surface area contributed by atoms with E-state index in [-0.39, 0.29) is 0 Å². The van der Waals surface area contributed by atoms with Gasteiger partial charge in [0.15, 0.2) is 0 Å². The second-order valence-corrected chi connectivity index (χ2v) is 5.58. The van der Waals surface area contributed by atoms with Crippen molar-refractivity contribution in [3.63, 3.8) is 0 Å². The Kier molecular flexibility index (Phi) is 2.92. The van der Waals surface area contributed by atoms with Gasteiger partial charge in [-0.25, -0.2) is 4.98 Å². The van der Waals surface area contributed by atoms with E-state index in [1.54, 1.807) is 0 Å². The molecule has 2 N–H and O–H groups in total. The second-order valence-electron chi connectivity index (χ2n) is 5.58. The van der Waals surface area contributed by atoms with Gasteiger partial charge in [0.05, 0.1) is 5.69 Å². The molecular formula is C13H22N4. The Hall–Kier alpha value is -0.870. The van der Waals surface area contributed by atoms with Crippen molar-refractivity contribution in [1.82, 2.24) is 14.5 Å². The maximum absolute atomic E-state index is 5.98. The molecule has 0 radical (unpaired) electrons. The Morgan fingerprint density at radius 3 is 3.06 bits per heavy atom. The SMILES string of the molecule is CN1CCCC1Cc1cn2c(n1)CC(N)CC2. The van der Waals surface area contributed by atoms with Gasteiger partial charge in [-0.05, 0) is 32.9 Å². The van der Waals surface area contributed by atoms with E-state index in [4.69, 9.17) is 10.7 Å². The summed E-state index contributed by atoms with van der Waals surface area (Å²) in [7, 11) is 2.23. The molecule has 94 valence electrons. The van der Waals surface area contributed by atoms with Crippen molar-refractivity contribution >= 4 is 0 Å². The monoisotopic (exact) mass is 234 g/mol. The molecule has 17 heavy (non-hydrogen) atoms. The zero-order valence-electron chi connectivity index (χ0n) is 10.6. The molecule has 2 atom stereocenters. The number of aromatic nitrogens is 2. The Balaban J connectivity index is 1.72. The highest BCUT2D eigenvalue weighted by molar-refractivity contribution is 5.09. The topological polar surface area (TPSA) is 47.1 Å². The molecule has 0 spiro atoms. The largest absolute Gasteiger partial charge is 0.335 e. The van der Waals surface area contributed by atoms with Gasteiger partial charge in [-0.2, -0.15) is 0 Å². The number of aryl methyl sites for hydroxylation is 1. The van der Waals surface area contributed by atoms with Crippen LogP contribution in [0.25, 0.3) is 0 Å². The highest BCUT2D eigenvalue weighted by Gasteiger charge is 2.23. The summed E-state index contributed by atoms with van der Waals surface area (Å²) in [4.78, 5) is 7.22. The van der Waals surface area contributed by atoms with Gasteiger partial charge in [0.2, 0.25) is 0 Å². The smallest absolute Gasteiger partial charge is 0.110 e. The van der Waals surface area contributed by atoms with Crippen LogP contribution in [0, 0.1) is 0 Å². The van der Waals surface area contributed by atoms with E-state index in [1.165, 1.54) is 30.9 Å². The summed E-state index contributed by atoms with van der Waals surface area (Å²) in [6.45, 7) is 2.28. The van der Waals surface area contributed by atoms with Crippen LogP contribution >= 0.6 is 0 Å². The van der Waals surface area contributed by atoms with Crippen LogP contribution in [-0.4, -0.2) is 40.1 Å². The van der Waals surface area contributed by atoms with E-state index in [2.05, 4.69) is 22.7 Å². The van der Waals surface area contributed by atoms with Crippen LogP contribution in [0.3, 0.4) is 0 Å². The van der Waals surface area contributed by atoms with Gasteiger partial charge in [-0.15, -0.1) is 0 Å². The summed E-state index contributed by atoms with van der Waals surface area (Å²) in [6, 6.07) is 1.01. The van der Waals surface area contributed by atoms with Crippen molar-refractivity contribution in [3.05, 3.63) is 17.7 Å². The number of nitrogens with two attached hydrogens (primary N) is 1. The molecule has 2 unspecified atom stereocenters. The van der Waals surface area contributed by atoms with Crippen LogP contribution in [0.1, 0.15) is 30.8 Å². The minimum atomic E-state index is 0.312. The van der Waals surface area contributed by atoms with Crippen LogP contribution in [0.5, 0.6) is 0 Å². The normalized spacial score (nSPS) is 29.5. The molecule has 1 fully saturated rings. The molecule has 4 heteroatoms. The first kappa shape index (κ1) is 11.2. The molecule has 0 aliphatic carbocycles. The van der Waals surface area contributed by atoms with Crippen molar-refractivity contribution in [2.24, 2.45) is 5.73 Å². The van der Waals surface area contributed by atoms with Gasteiger partial charge in [0, 0.05) is 37.7 Å². The first-order valence-corrected chi connectivity index (χ1v) is 6.73.